The van der Waals surface area contributed by atoms with Gasteiger partial charge in [-0.05, 0) is 41.0 Å². The largest absolute Gasteiger partial charge is 0.418 e. The molecule has 1 N–H and O–H groups in total. The van der Waals surface area contributed by atoms with Crippen molar-refractivity contribution in [3.63, 3.8) is 0 Å². The molecule has 0 unspecified atom stereocenters. The molecular weight excluding hydrogens is 409 g/mol. The fraction of sp³-hybridized carbons (Fsp3) is 0.450. The number of nitrogens with zero attached hydrogens (tertiary/aromatic N) is 1. The number of hydrogen-bond acceptors (Lipinski definition) is 3. The summed E-state index contributed by atoms with van der Waals surface area (Å²) >= 11 is 7.88. The number of amides is 1. The monoisotopic (exact) mass is 430 g/mol. The number of benzene rings is 1. The third-order valence-corrected chi connectivity index (χ3v) is 5.83. The van der Waals surface area contributed by atoms with Gasteiger partial charge in [0.2, 0.25) is 5.91 Å². The van der Waals surface area contributed by atoms with Crippen LogP contribution in [0.15, 0.2) is 23.6 Å². The van der Waals surface area contributed by atoms with Crippen molar-refractivity contribution in [2.45, 2.75) is 46.3 Å². The smallest absolute Gasteiger partial charge is 0.367 e. The zero-order chi connectivity index (χ0) is 20.7. The van der Waals surface area contributed by atoms with Crippen LogP contribution in [0.1, 0.15) is 43.2 Å². The maximum Gasteiger partial charge on any atom is 0.418 e. The molecule has 0 saturated carbocycles. The maximum atomic E-state index is 13.7. The molecule has 0 aliphatic carbocycles. The van der Waals surface area contributed by atoms with Crippen molar-refractivity contribution in [3.8, 4) is 0 Å². The van der Waals surface area contributed by atoms with E-state index in [1.807, 2.05) is 37.1 Å². The Morgan fingerprint density at radius 2 is 2.00 bits per heavy atom. The van der Waals surface area contributed by atoms with Crippen molar-refractivity contribution in [2.24, 2.45) is 5.41 Å². The summed E-state index contributed by atoms with van der Waals surface area (Å²) in [7, 11) is 0. The van der Waals surface area contributed by atoms with Crippen LogP contribution >= 0.6 is 22.9 Å². The molecule has 1 aromatic heterocycles. The lowest BCUT2D eigenvalue weighted by atomic mass is 9.92. The Bertz CT molecular complexity index is 887. The molecule has 0 fully saturated rings. The minimum absolute atomic E-state index is 0.0927. The fourth-order valence-electron chi connectivity index (χ4n) is 3.26. The van der Waals surface area contributed by atoms with E-state index >= 15 is 0 Å². The van der Waals surface area contributed by atoms with Crippen LogP contribution in [0, 0.1) is 5.41 Å². The highest BCUT2D eigenvalue weighted by atomic mass is 35.5. The second-order valence-electron chi connectivity index (χ2n) is 8.17. The molecular formula is C20H22ClF3N2OS. The number of nitrogens with one attached hydrogen (secondary N) is 1. The van der Waals surface area contributed by atoms with Gasteiger partial charge in [0.1, 0.15) is 0 Å². The van der Waals surface area contributed by atoms with E-state index in [2.05, 4.69) is 5.32 Å². The van der Waals surface area contributed by atoms with Crippen molar-refractivity contribution >= 4 is 40.2 Å². The van der Waals surface area contributed by atoms with Crippen LogP contribution < -0.4 is 10.2 Å². The SMILES string of the molecule is CC(C)(C)CC(=O)Nc1c(Cl)cc(N2CCc3sccc3C2)cc1C(F)(F)F. The van der Waals surface area contributed by atoms with Crippen LogP contribution in [0.2, 0.25) is 5.02 Å². The minimum Gasteiger partial charge on any atom is -0.367 e. The molecule has 1 aromatic carbocycles. The lowest BCUT2D eigenvalue weighted by molar-refractivity contribution is -0.136. The van der Waals surface area contributed by atoms with E-state index in [0.717, 1.165) is 18.1 Å². The lowest BCUT2D eigenvalue weighted by Gasteiger charge is -2.30. The molecule has 152 valence electrons. The highest BCUT2D eigenvalue weighted by Crippen LogP contribution is 2.42. The van der Waals surface area contributed by atoms with Gasteiger partial charge >= 0.3 is 6.18 Å². The Morgan fingerprint density at radius 3 is 2.64 bits per heavy atom. The molecule has 1 aliphatic heterocycles. The summed E-state index contributed by atoms with van der Waals surface area (Å²) < 4.78 is 41.2. The summed E-state index contributed by atoms with van der Waals surface area (Å²) in [4.78, 5) is 15.4. The van der Waals surface area contributed by atoms with Gasteiger partial charge in [0.25, 0.3) is 0 Å². The molecule has 0 spiro atoms. The predicted molar refractivity (Wildman–Crippen MR) is 108 cm³/mol. The number of carbonyl (C=O) groups is 1. The molecule has 28 heavy (non-hydrogen) atoms. The average Bonchev–Trinajstić information content (AvgIpc) is 3.01. The zero-order valence-corrected chi connectivity index (χ0v) is 17.5. The Morgan fingerprint density at radius 1 is 1.29 bits per heavy atom. The van der Waals surface area contributed by atoms with Crippen LogP contribution in [0.4, 0.5) is 24.5 Å². The van der Waals surface area contributed by atoms with Crippen LogP contribution in [-0.4, -0.2) is 12.5 Å². The van der Waals surface area contributed by atoms with Gasteiger partial charge in [-0.2, -0.15) is 13.2 Å². The normalized spacial score (nSPS) is 14.8. The summed E-state index contributed by atoms with van der Waals surface area (Å²) in [6, 6.07) is 4.58. The van der Waals surface area contributed by atoms with Crippen LogP contribution in [0.3, 0.4) is 0 Å². The van der Waals surface area contributed by atoms with Gasteiger partial charge in [-0.25, -0.2) is 0 Å². The molecule has 0 atom stereocenters. The highest BCUT2D eigenvalue weighted by Gasteiger charge is 2.36. The second kappa shape index (κ2) is 7.59. The van der Waals surface area contributed by atoms with Gasteiger partial charge in [0.05, 0.1) is 16.3 Å². The van der Waals surface area contributed by atoms with Crippen molar-refractivity contribution < 1.29 is 18.0 Å². The first-order valence-corrected chi connectivity index (χ1v) is 10.2. The van der Waals surface area contributed by atoms with Crippen molar-refractivity contribution in [1.82, 2.24) is 0 Å². The van der Waals surface area contributed by atoms with Crippen LogP contribution in [0.25, 0.3) is 0 Å². The number of hydrogen-bond donors (Lipinski definition) is 1. The summed E-state index contributed by atoms with van der Waals surface area (Å²) in [6.45, 7) is 6.70. The molecule has 2 heterocycles. The Hall–Kier alpha value is -1.73. The van der Waals surface area contributed by atoms with E-state index in [1.54, 1.807) is 11.3 Å². The molecule has 0 radical (unpaired) electrons. The van der Waals surface area contributed by atoms with Crippen molar-refractivity contribution in [3.05, 3.63) is 44.6 Å². The molecule has 0 saturated heterocycles. The minimum atomic E-state index is -4.63. The van der Waals surface area contributed by atoms with E-state index in [1.165, 1.54) is 10.9 Å². The average molecular weight is 431 g/mol. The third-order valence-electron chi connectivity index (χ3n) is 4.51. The first kappa shape index (κ1) is 21.0. The first-order valence-electron chi connectivity index (χ1n) is 8.95. The Labute approximate surface area is 171 Å². The quantitative estimate of drug-likeness (QED) is 0.614. The third kappa shape index (κ3) is 4.81. The Kier molecular flexibility index (Phi) is 5.69. The number of carbonyl (C=O) groups excluding carboxylic acids is 1. The molecule has 8 heteroatoms. The number of fused-ring (bicyclic) bond motifs is 1. The van der Waals surface area contributed by atoms with Crippen LogP contribution in [-0.2, 0) is 23.9 Å². The zero-order valence-electron chi connectivity index (χ0n) is 15.9. The van der Waals surface area contributed by atoms with Crippen molar-refractivity contribution in [2.75, 3.05) is 16.8 Å². The standard InChI is InChI=1S/C20H22ClF3N2OS/c1-19(2,3)10-17(27)25-18-14(20(22,23)24)8-13(9-15(18)21)26-6-4-16-12(11-26)5-7-28-16/h5,7-9H,4,6,10-11H2,1-3H3,(H,25,27). The summed E-state index contributed by atoms with van der Waals surface area (Å²) in [6.07, 6.45) is -3.75. The van der Waals surface area contributed by atoms with E-state index in [0.29, 0.717) is 18.8 Å². The molecule has 3 rings (SSSR count). The van der Waals surface area contributed by atoms with Crippen LogP contribution in [0.5, 0.6) is 0 Å². The second-order valence-corrected chi connectivity index (χ2v) is 9.58. The van der Waals surface area contributed by atoms with Gasteiger partial charge < -0.3 is 10.2 Å². The van der Waals surface area contributed by atoms with E-state index < -0.39 is 17.6 Å². The molecule has 3 nitrogen and oxygen atoms in total. The van der Waals surface area contributed by atoms with Gasteiger partial charge in [-0.1, -0.05) is 32.4 Å². The molecule has 1 aliphatic rings. The predicted octanol–water partition coefficient (Wildman–Crippen LogP) is 6.36. The topological polar surface area (TPSA) is 32.3 Å². The fourth-order valence-corrected chi connectivity index (χ4v) is 4.41. The summed E-state index contributed by atoms with van der Waals surface area (Å²) in [5, 5.41) is 4.26. The van der Waals surface area contributed by atoms with Gasteiger partial charge in [0.15, 0.2) is 0 Å². The number of halogens is 4. The lowest BCUT2D eigenvalue weighted by Crippen LogP contribution is -2.30. The number of rotatable bonds is 3. The maximum absolute atomic E-state index is 13.7. The van der Waals surface area contributed by atoms with E-state index in [-0.39, 0.29) is 22.5 Å². The van der Waals surface area contributed by atoms with Gasteiger partial charge in [0, 0.05) is 30.1 Å². The first-order chi connectivity index (χ1) is 12.9. The number of anilines is 2. The van der Waals surface area contributed by atoms with Gasteiger partial charge in [-0.15, -0.1) is 11.3 Å². The van der Waals surface area contributed by atoms with E-state index in [4.69, 9.17) is 11.6 Å². The summed E-state index contributed by atoms with van der Waals surface area (Å²) in [5.74, 6) is -0.492. The van der Waals surface area contributed by atoms with Gasteiger partial charge in [-0.3, -0.25) is 4.79 Å². The molecule has 0 bridgehead atoms. The highest BCUT2D eigenvalue weighted by molar-refractivity contribution is 7.10. The molecule has 2 aromatic rings. The number of thiophene rings is 1. The summed E-state index contributed by atoms with van der Waals surface area (Å²) in [5.41, 5.74) is -0.110. The number of alkyl halides is 3. The molecule has 1 amide bonds. The Balaban J connectivity index is 1.93. The van der Waals surface area contributed by atoms with Crippen molar-refractivity contribution in [1.29, 1.82) is 0 Å². The van der Waals surface area contributed by atoms with E-state index in [9.17, 15) is 18.0 Å².